The number of nitrogens with zero attached hydrogens (tertiary/aromatic N) is 4. The highest BCUT2D eigenvalue weighted by Crippen LogP contribution is 2.49. The van der Waals surface area contributed by atoms with E-state index in [0.29, 0.717) is 43.8 Å². The number of aromatic nitrogens is 2. The van der Waals surface area contributed by atoms with Crippen LogP contribution < -0.4 is 14.9 Å². The van der Waals surface area contributed by atoms with Gasteiger partial charge in [0.2, 0.25) is 0 Å². The first-order valence-electron chi connectivity index (χ1n) is 11.2. The number of nitrogens with one attached hydrogen (secondary N) is 4. The summed E-state index contributed by atoms with van der Waals surface area (Å²) < 4.78 is 18.8. The summed E-state index contributed by atoms with van der Waals surface area (Å²) in [5, 5.41) is 30.1. The maximum atomic E-state index is 13.4. The molecule has 3 aliphatic rings. The van der Waals surface area contributed by atoms with Crippen molar-refractivity contribution in [2.45, 2.75) is 49.1 Å². The second kappa shape index (κ2) is 8.99. The van der Waals surface area contributed by atoms with Crippen molar-refractivity contribution < 1.29 is 4.39 Å². The predicted molar refractivity (Wildman–Crippen MR) is 136 cm³/mol. The molecular weight excluding hydrogens is 495 g/mol. The van der Waals surface area contributed by atoms with Crippen LogP contribution in [0.5, 0.6) is 0 Å². The summed E-state index contributed by atoms with van der Waals surface area (Å²) >= 11 is 9.10. The topological polar surface area (TPSA) is 116 Å². The minimum Gasteiger partial charge on any atom is -0.367 e. The normalized spacial score (nSPS) is 22.4. The maximum absolute atomic E-state index is 13.4. The van der Waals surface area contributed by atoms with E-state index in [4.69, 9.17) is 22.4 Å². The van der Waals surface area contributed by atoms with Crippen LogP contribution >= 0.6 is 35.3 Å². The Hall–Kier alpha value is -1.84. The van der Waals surface area contributed by atoms with Crippen molar-refractivity contribution in [2.75, 3.05) is 31.2 Å². The molecule has 2 aromatic rings. The van der Waals surface area contributed by atoms with E-state index in [-0.39, 0.29) is 26.8 Å². The largest absolute Gasteiger partial charge is 0.367 e. The number of imidazole rings is 1. The Morgan fingerprint density at radius 2 is 2.18 bits per heavy atom. The predicted octanol–water partition coefficient (Wildman–Crippen LogP) is 4.22. The van der Waals surface area contributed by atoms with Crippen molar-refractivity contribution in [3.8, 4) is 6.07 Å². The van der Waals surface area contributed by atoms with Gasteiger partial charge < -0.3 is 10.2 Å². The molecule has 1 saturated heterocycles. The zero-order valence-corrected chi connectivity index (χ0v) is 21.1. The fraction of sp³-hybridized carbons (Fsp3) is 0.545. The van der Waals surface area contributed by atoms with E-state index in [1.807, 2.05) is 12.3 Å². The molecule has 12 heteroatoms. The van der Waals surface area contributed by atoms with Crippen LogP contribution in [-0.4, -0.2) is 57.4 Å². The van der Waals surface area contributed by atoms with E-state index in [1.165, 1.54) is 11.9 Å². The highest BCUT2D eigenvalue weighted by atomic mass is 35.5. The first kappa shape index (κ1) is 23.9. The number of thioether (sulfide) groups is 1. The second-order valence-corrected chi connectivity index (χ2v) is 11.7. The maximum Gasteiger partial charge on any atom is 0.171 e. The Bertz CT molecular complexity index is 1200. The minimum atomic E-state index is -0.758. The van der Waals surface area contributed by atoms with E-state index in [9.17, 15) is 9.65 Å². The third-order valence-corrected chi connectivity index (χ3v) is 8.95. The molecular formula is C22H26ClFN8S2. The molecule has 0 spiro atoms. The minimum absolute atomic E-state index is 0.0746. The number of rotatable bonds is 7. The standard InChI is InChI=1S/C22H26ClFN8S2/c1-21(2-3-21)30-34-14-8-15(31-7-6-28-13(9-24)10-31)16-17(23)29-19(32(16)11-14)18(26)33-20(27)22(12-25)4-5-22/h8,11,13,26-28,30H,2-7,9-10H2,1H3. The van der Waals surface area contributed by atoms with Crippen LogP contribution in [0.1, 0.15) is 38.4 Å². The summed E-state index contributed by atoms with van der Waals surface area (Å²) in [7, 11) is 0. The van der Waals surface area contributed by atoms with E-state index >= 15 is 0 Å². The molecule has 1 aliphatic heterocycles. The molecule has 2 saturated carbocycles. The summed E-state index contributed by atoms with van der Waals surface area (Å²) in [6.07, 6.45) is 5.45. The van der Waals surface area contributed by atoms with Gasteiger partial charge in [0.15, 0.2) is 11.0 Å². The van der Waals surface area contributed by atoms with Gasteiger partial charge in [-0.25, -0.2) is 9.37 Å². The number of fused-ring (bicyclic) bond motifs is 1. The third kappa shape index (κ3) is 4.54. The molecule has 8 nitrogen and oxygen atoms in total. The SMILES string of the molecule is CC1(NSc2cc(N3CCNC(CF)C3)c3c(Cl)nc(C(=N)SC(=N)C4(C#N)CC4)n3c2)CC1. The Labute approximate surface area is 211 Å². The molecule has 1 unspecified atom stereocenters. The van der Waals surface area contributed by atoms with Crippen LogP contribution in [0.15, 0.2) is 17.2 Å². The number of nitriles is 1. The lowest BCUT2D eigenvalue weighted by molar-refractivity contribution is 0.353. The van der Waals surface area contributed by atoms with Crippen LogP contribution in [0.25, 0.3) is 5.52 Å². The summed E-state index contributed by atoms with van der Waals surface area (Å²) in [5.41, 5.74) is 0.875. The molecule has 0 radical (unpaired) electrons. The van der Waals surface area contributed by atoms with Crippen molar-refractivity contribution in [1.82, 2.24) is 19.4 Å². The Kier molecular flexibility index (Phi) is 6.31. The van der Waals surface area contributed by atoms with Crippen LogP contribution in [0.2, 0.25) is 5.15 Å². The number of alkyl halides is 1. The fourth-order valence-corrected chi connectivity index (χ4v) is 6.01. The zero-order valence-electron chi connectivity index (χ0n) is 18.8. The quantitative estimate of drug-likeness (QED) is 0.245. The number of piperazine rings is 1. The van der Waals surface area contributed by atoms with E-state index < -0.39 is 12.1 Å². The Balaban J connectivity index is 1.52. The van der Waals surface area contributed by atoms with Gasteiger partial charge >= 0.3 is 0 Å². The van der Waals surface area contributed by atoms with Gasteiger partial charge in [0.25, 0.3) is 0 Å². The number of hydrogen-bond acceptors (Lipinski definition) is 9. The van der Waals surface area contributed by atoms with Gasteiger partial charge in [-0.05, 0) is 50.6 Å². The van der Waals surface area contributed by atoms with Crippen molar-refractivity contribution in [2.24, 2.45) is 5.41 Å². The summed E-state index contributed by atoms with van der Waals surface area (Å²) in [4.78, 5) is 7.54. The first-order valence-corrected chi connectivity index (χ1v) is 13.3. The van der Waals surface area contributed by atoms with Gasteiger partial charge in [-0.15, -0.1) is 0 Å². The molecule has 2 aromatic heterocycles. The summed E-state index contributed by atoms with van der Waals surface area (Å²) in [6.45, 7) is 3.59. The van der Waals surface area contributed by atoms with Crippen molar-refractivity contribution >= 4 is 56.6 Å². The Morgan fingerprint density at radius 1 is 1.41 bits per heavy atom. The number of hydrogen-bond donors (Lipinski definition) is 4. The first-order chi connectivity index (χ1) is 16.3. The van der Waals surface area contributed by atoms with Crippen LogP contribution in [-0.2, 0) is 0 Å². The van der Waals surface area contributed by atoms with Gasteiger partial charge in [0.05, 0.1) is 22.8 Å². The van der Waals surface area contributed by atoms with Crippen LogP contribution in [0.3, 0.4) is 0 Å². The van der Waals surface area contributed by atoms with Gasteiger partial charge in [0.1, 0.15) is 22.6 Å². The molecule has 3 heterocycles. The van der Waals surface area contributed by atoms with Crippen molar-refractivity contribution in [3.05, 3.63) is 23.2 Å². The van der Waals surface area contributed by atoms with Gasteiger partial charge in [-0.1, -0.05) is 23.4 Å². The summed E-state index contributed by atoms with van der Waals surface area (Å²) in [5.74, 6) is 0.335. The van der Waals surface area contributed by atoms with Crippen molar-refractivity contribution in [1.29, 1.82) is 16.1 Å². The van der Waals surface area contributed by atoms with Crippen LogP contribution in [0, 0.1) is 27.6 Å². The van der Waals surface area contributed by atoms with Gasteiger partial charge in [-0.2, -0.15) is 5.26 Å². The lowest BCUT2D eigenvalue weighted by atomic mass is 10.2. The Morgan fingerprint density at radius 3 is 2.82 bits per heavy atom. The zero-order chi connectivity index (χ0) is 24.1. The lowest BCUT2D eigenvalue weighted by Crippen LogP contribution is -2.51. The molecule has 3 fully saturated rings. The average Bonchev–Trinajstić information content (AvgIpc) is 3.76. The van der Waals surface area contributed by atoms with Gasteiger partial charge in [0, 0.05) is 36.3 Å². The highest BCUT2D eigenvalue weighted by Gasteiger charge is 2.48. The smallest absolute Gasteiger partial charge is 0.171 e. The molecule has 1 atom stereocenters. The second-order valence-electron chi connectivity index (χ2n) is 9.48. The summed E-state index contributed by atoms with van der Waals surface area (Å²) in [6, 6.07) is 4.00. The molecule has 180 valence electrons. The monoisotopic (exact) mass is 520 g/mol. The molecule has 0 bridgehead atoms. The van der Waals surface area contributed by atoms with E-state index in [1.54, 1.807) is 4.40 Å². The molecule has 0 aromatic carbocycles. The van der Waals surface area contributed by atoms with Crippen LogP contribution in [0.4, 0.5) is 10.1 Å². The third-order valence-electron chi connectivity index (χ3n) is 6.65. The molecule has 4 N–H and O–H groups in total. The lowest BCUT2D eigenvalue weighted by Gasteiger charge is -2.34. The van der Waals surface area contributed by atoms with E-state index in [0.717, 1.165) is 35.2 Å². The fourth-order valence-electron chi connectivity index (χ4n) is 3.96. The molecule has 5 rings (SSSR count). The van der Waals surface area contributed by atoms with Gasteiger partial charge in [-0.3, -0.25) is 19.9 Å². The molecule has 0 amide bonds. The molecule has 34 heavy (non-hydrogen) atoms. The molecule has 2 aliphatic carbocycles. The number of halogens is 2. The average molecular weight is 521 g/mol. The van der Waals surface area contributed by atoms with Crippen molar-refractivity contribution in [3.63, 3.8) is 0 Å². The highest BCUT2D eigenvalue weighted by molar-refractivity contribution is 8.26. The number of pyridine rings is 1. The van der Waals surface area contributed by atoms with E-state index in [2.05, 4.69) is 32.9 Å². The number of anilines is 1.